The van der Waals surface area contributed by atoms with Gasteiger partial charge in [-0.3, -0.25) is 4.79 Å². The molecule has 14 heavy (non-hydrogen) atoms. The topological polar surface area (TPSA) is 44.4 Å². The molecule has 0 aromatic carbocycles. The minimum Gasteiger partial charge on any atom is -0.352 e. The molecule has 1 amide bonds. The lowest BCUT2D eigenvalue weighted by atomic mass is 10.1. The van der Waals surface area contributed by atoms with Gasteiger partial charge in [-0.1, -0.05) is 0 Å². The molecule has 4 nitrogen and oxygen atoms in total. The van der Waals surface area contributed by atoms with E-state index in [1.807, 2.05) is 0 Å². The Labute approximate surface area is 86.0 Å². The Balaban J connectivity index is 2.26. The van der Waals surface area contributed by atoms with Crippen LogP contribution in [-0.2, 0) is 4.79 Å². The van der Waals surface area contributed by atoms with E-state index in [0.29, 0.717) is 12.6 Å². The second-order valence-corrected chi connectivity index (χ2v) is 4.03. The van der Waals surface area contributed by atoms with E-state index in [0.717, 1.165) is 25.9 Å². The van der Waals surface area contributed by atoms with Crippen LogP contribution in [0.4, 0.5) is 0 Å². The van der Waals surface area contributed by atoms with E-state index < -0.39 is 0 Å². The minimum absolute atomic E-state index is 0.113. The Morgan fingerprint density at radius 1 is 1.43 bits per heavy atom. The number of carbonyl (C=O) groups excluding carboxylic acids is 1. The van der Waals surface area contributed by atoms with Crippen LogP contribution in [0.2, 0.25) is 0 Å². The normalized spacial score (nSPS) is 24.3. The van der Waals surface area contributed by atoms with Gasteiger partial charge in [0, 0.05) is 6.04 Å². The molecule has 1 heterocycles. The number of hydrogen-bond acceptors (Lipinski definition) is 3. The smallest absolute Gasteiger partial charge is 0.234 e. The van der Waals surface area contributed by atoms with Crippen LogP contribution < -0.4 is 10.6 Å². The quantitative estimate of drug-likeness (QED) is 0.662. The van der Waals surface area contributed by atoms with Crippen molar-refractivity contribution in [1.29, 1.82) is 0 Å². The third kappa shape index (κ3) is 4.07. The molecule has 1 unspecified atom stereocenters. The van der Waals surface area contributed by atoms with Gasteiger partial charge >= 0.3 is 0 Å². The fourth-order valence-electron chi connectivity index (χ4n) is 1.82. The summed E-state index contributed by atoms with van der Waals surface area (Å²) in [4.78, 5) is 13.6. The van der Waals surface area contributed by atoms with E-state index in [2.05, 4.69) is 22.6 Å². The molecule has 1 saturated heterocycles. The van der Waals surface area contributed by atoms with Crippen molar-refractivity contribution in [1.82, 2.24) is 15.5 Å². The van der Waals surface area contributed by atoms with Crippen molar-refractivity contribution < 1.29 is 4.79 Å². The van der Waals surface area contributed by atoms with Gasteiger partial charge < -0.3 is 15.5 Å². The average Bonchev–Trinajstić information content (AvgIpc) is 2.32. The van der Waals surface area contributed by atoms with Crippen molar-refractivity contribution in [2.24, 2.45) is 0 Å². The monoisotopic (exact) mass is 199 g/mol. The van der Waals surface area contributed by atoms with Gasteiger partial charge in [0.2, 0.25) is 5.91 Å². The summed E-state index contributed by atoms with van der Waals surface area (Å²) in [5, 5.41) is 5.91. The fraction of sp³-hybridized carbons (Fsp3) is 0.900. The van der Waals surface area contributed by atoms with Crippen LogP contribution in [0.1, 0.15) is 19.3 Å². The maximum absolute atomic E-state index is 11.3. The van der Waals surface area contributed by atoms with Crippen LogP contribution in [0.3, 0.4) is 0 Å². The van der Waals surface area contributed by atoms with Gasteiger partial charge in [0.15, 0.2) is 0 Å². The van der Waals surface area contributed by atoms with Crippen LogP contribution in [0.5, 0.6) is 0 Å². The van der Waals surface area contributed by atoms with E-state index in [1.54, 1.807) is 7.05 Å². The SMILES string of the molecule is CNCC(=O)NC1CCCN(C)CC1. The van der Waals surface area contributed by atoms with Crippen molar-refractivity contribution >= 4 is 5.91 Å². The molecule has 4 heteroatoms. The molecule has 1 rings (SSSR count). The zero-order valence-corrected chi connectivity index (χ0v) is 9.18. The molecule has 2 N–H and O–H groups in total. The lowest BCUT2D eigenvalue weighted by molar-refractivity contribution is -0.120. The van der Waals surface area contributed by atoms with Crippen molar-refractivity contribution in [3.8, 4) is 0 Å². The number of rotatable bonds is 3. The molecule has 1 aliphatic rings. The molecule has 0 bridgehead atoms. The highest BCUT2D eigenvalue weighted by atomic mass is 16.1. The maximum atomic E-state index is 11.3. The van der Waals surface area contributed by atoms with E-state index in [1.165, 1.54) is 6.42 Å². The summed E-state index contributed by atoms with van der Waals surface area (Å²) in [7, 11) is 3.93. The Kier molecular flexibility index (Phi) is 4.90. The van der Waals surface area contributed by atoms with E-state index in [9.17, 15) is 4.79 Å². The summed E-state index contributed by atoms with van der Waals surface area (Å²) in [5.41, 5.74) is 0. The Hall–Kier alpha value is -0.610. The summed E-state index contributed by atoms with van der Waals surface area (Å²) < 4.78 is 0. The van der Waals surface area contributed by atoms with Gasteiger partial charge in [0.05, 0.1) is 6.54 Å². The standard InChI is InChI=1S/C10H21N3O/c1-11-8-10(14)12-9-4-3-6-13(2)7-5-9/h9,11H,3-8H2,1-2H3,(H,12,14). The van der Waals surface area contributed by atoms with Gasteiger partial charge in [-0.25, -0.2) is 0 Å². The molecule has 1 atom stereocenters. The summed E-state index contributed by atoms with van der Waals surface area (Å²) in [6.45, 7) is 2.66. The highest BCUT2D eigenvalue weighted by Crippen LogP contribution is 2.09. The molecular formula is C10H21N3O. The predicted molar refractivity (Wildman–Crippen MR) is 57.2 cm³/mol. The number of amides is 1. The molecular weight excluding hydrogens is 178 g/mol. The van der Waals surface area contributed by atoms with Crippen molar-refractivity contribution in [3.05, 3.63) is 0 Å². The van der Waals surface area contributed by atoms with Gasteiger partial charge in [-0.2, -0.15) is 0 Å². The summed E-state index contributed by atoms with van der Waals surface area (Å²) in [6.07, 6.45) is 3.37. The molecule has 0 aromatic rings. The van der Waals surface area contributed by atoms with Gasteiger partial charge in [0.25, 0.3) is 0 Å². The second kappa shape index (κ2) is 5.98. The number of likely N-dealkylation sites (tertiary alicyclic amines) is 1. The largest absolute Gasteiger partial charge is 0.352 e. The first-order valence-electron chi connectivity index (χ1n) is 5.35. The zero-order valence-electron chi connectivity index (χ0n) is 9.18. The third-order valence-electron chi connectivity index (χ3n) is 2.65. The molecule has 0 spiro atoms. The highest BCUT2D eigenvalue weighted by molar-refractivity contribution is 5.78. The number of carbonyl (C=O) groups is 1. The first-order chi connectivity index (χ1) is 6.72. The Morgan fingerprint density at radius 2 is 2.21 bits per heavy atom. The first-order valence-corrected chi connectivity index (χ1v) is 5.35. The van der Waals surface area contributed by atoms with E-state index in [-0.39, 0.29) is 5.91 Å². The predicted octanol–water partition coefficient (Wildman–Crippen LogP) is -0.194. The molecule has 0 radical (unpaired) electrons. The van der Waals surface area contributed by atoms with Gasteiger partial charge in [-0.15, -0.1) is 0 Å². The molecule has 82 valence electrons. The summed E-state index contributed by atoms with van der Waals surface area (Å²) >= 11 is 0. The van der Waals surface area contributed by atoms with Crippen LogP contribution in [0.25, 0.3) is 0 Å². The van der Waals surface area contributed by atoms with Crippen LogP contribution >= 0.6 is 0 Å². The van der Waals surface area contributed by atoms with E-state index in [4.69, 9.17) is 0 Å². The highest BCUT2D eigenvalue weighted by Gasteiger charge is 2.15. The summed E-state index contributed by atoms with van der Waals surface area (Å²) in [6, 6.07) is 0.376. The Bertz CT molecular complexity index is 184. The van der Waals surface area contributed by atoms with Gasteiger partial charge in [0.1, 0.15) is 0 Å². The molecule has 0 aliphatic carbocycles. The maximum Gasteiger partial charge on any atom is 0.234 e. The molecule has 0 saturated carbocycles. The number of nitrogens with zero attached hydrogens (tertiary/aromatic N) is 1. The van der Waals surface area contributed by atoms with Crippen LogP contribution in [-0.4, -0.2) is 50.6 Å². The molecule has 1 aliphatic heterocycles. The van der Waals surface area contributed by atoms with Crippen LogP contribution in [0, 0.1) is 0 Å². The minimum atomic E-state index is 0.113. The van der Waals surface area contributed by atoms with E-state index >= 15 is 0 Å². The number of hydrogen-bond donors (Lipinski definition) is 2. The molecule has 0 aromatic heterocycles. The van der Waals surface area contributed by atoms with Crippen molar-refractivity contribution in [3.63, 3.8) is 0 Å². The van der Waals surface area contributed by atoms with Crippen molar-refractivity contribution in [2.75, 3.05) is 33.7 Å². The third-order valence-corrected chi connectivity index (χ3v) is 2.65. The lowest BCUT2D eigenvalue weighted by Crippen LogP contribution is -2.40. The zero-order chi connectivity index (χ0) is 10.4. The Morgan fingerprint density at radius 3 is 2.93 bits per heavy atom. The average molecular weight is 199 g/mol. The van der Waals surface area contributed by atoms with Crippen molar-refractivity contribution in [2.45, 2.75) is 25.3 Å². The van der Waals surface area contributed by atoms with Gasteiger partial charge in [-0.05, 0) is 46.4 Å². The first kappa shape index (κ1) is 11.5. The number of nitrogens with one attached hydrogen (secondary N) is 2. The van der Waals surface area contributed by atoms with Crippen LogP contribution in [0.15, 0.2) is 0 Å². The molecule has 1 fully saturated rings. The number of likely N-dealkylation sites (N-methyl/N-ethyl adjacent to an activating group) is 1. The summed E-state index contributed by atoms with van der Waals surface area (Å²) in [5.74, 6) is 0.113. The fourth-order valence-corrected chi connectivity index (χ4v) is 1.82. The second-order valence-electron chi connectivity index (χ2n) is 4.03. The lowest BCUT2D eigenvalue weighted by Gasteiger charge is -2.16.